The normalized spacial score (nSPS) is 11.5. The van der Waals surface area contributed by atoms with Gasteiger partial charge in [-0.2, -0.15) is 0 Å². The Bertz CT molecular complexity index is 1110. The second-order valence-corrected chi connectivity index (χ2v) is 6.67. The van der Waals surface area contributed by atoms with Crippen molar-refractivity contribution in [2.75, 3.05) is 19.0 Å². The van der Waals surface area contributed by atoms with E-state index in [2.05, 4.69) is 10.6 Å². The molecule has 0 unspecified atom stereocenters. The largest absolute Gasteiger partial charge is 0.452 e. The molecular formula is C22H21N3O5. The average Bonchev–Trinajstić information content (AvgIpc) is 2.76. The van der Waals surface area contributed by atoms with Gasteiger partial charge in [-0.15, -0.1) is 0 Å². The lowest BCUT2D eigenvalue weighted by Crippen LogP contribution is -2.31. The highest BCUT2D eigenvalue weighted by molar-refractivity contribution is 5.93. The molecule has 2 N–H and O–H groups in total. The molecular weight excluding hydrogens is 386 g/mol. The van der Waals surface area contributed by atoms with Gasteiger partial charge in [-0.3, -0.25) is 14.9 Å². The SMILES string of the molecule is CNc1ccc(C(=O)OCC(=O)N[C@@H](C)c2cccc3ccccc23)cc1[N+](=O)[O-]. The Balaban J connectivity index is 1.63. The number of amides is 1. The number of ether oxygens (including phenoxy) is 1. The number of rotatable bonds is 7. The van der Waals surface area contributed by atoms with Gasteiger partial charge in [0, 0.05) is 13.1 Å². The summed E-state index contributed by atoms with van der Waals surface area (Å²) < 4.78 is 5.03. The lowest BCUT2D eigenvalue weighted by atomic mass is 10.00. The Morgan fingerprint density at radius 3 is 2.57 bits per heavy atom. The van der Waals surface area contributed by atoms with E-state index in [1.807, 2.05) is 49.4 Å². The van der Waals surface area contributed by atoms with Crippen LogP contribution in [0.1, 0.15) is 28.9 Å². The van der Waals surface area contributed by atoms with Crippen LogP contribution in [0.2, 0.25) is 0 Å². The Labute approximate surface area is 173 Å². The van der Waals surface area contributed by atoms with E-state index in [0.29, 0.717) is 0 Å². The minimum absolute atomic E-state index is 0.00407. The highest BCUT2D eigenvalue weighted by Crippen LogP contribution is 2.26. The third-order valence-electron chi connectivity index (χ3n) is 4.70. The van der Waals surface area contributed by atoms with E-state index in [4.69, 9.17) is 4.74 Å². The summed E-state index contributed by atoms with van der Waals surface area (Å²) in [7, 11) is 1.54. The summed E-state index contributed by atoms with van der Waals surface area (Å²) in [4.78, 5) is 35.0. The fraction of sp³-hybridized carbons (Fsp3) is 0.182. The van der Waals surface area contributed by atoms with E-state index in [9.17, 15) is 19.7 Å². The maximum absolute atomic E-state index is 12.3. The number of esters is 1. The Kier molecular flexibility index (Phi) is 6.26. The molecule has 3 rings (SSSR count). The molecule has 3 aromatic carbocycles. The Morgan fingerprint density at radius 1 is 1.10 bits per heavy atom. The fourth-order valence-electron chi connectivity index (χ4n) is 3.22. The van der Waals surface area contributed by atoms with Crippen molar-refractivity contribution in [3.05, 3.63) is 81.9 Å². The Morgan fingerprint density at radius 2 is 1.83 bits per heavy atom. The molecule has 0 bridgehead atoms. The van der Waals surface area contributed by atoms with Gasteiger partial charge in [-0.05, 0) is 35.4 Å². The molecule has 0 aliphatic heterocycles. The summed E-state index contributed by atoms with van der Waals surface area (Å²) in [6.45, 7) is 1.36. The molecule has 154 valence electrons. The van der Waals surface area contributed by atoms with Crippen LogP contribution in [0.4, 0.5) is 11.4 Å². The zero-order valence-electron chi connectivity index (χ0n) is 16.5. The van der Waals surface area contributed by atoms with Crippen LogP contribution >= 0.6 is 0 Å². The van der Waals surface area contributed by atoms with E-state index in [0.717, 1.165) is 22.4 Å². The lowest BCUT2D eigenvalue weighted by molar-refractivity contribution is -0.384. The van der Waals surface area contributed by atoms with Crippen molar-refractivity contribution >= 4 is 34.0 Å². The average molecular weight is 407 g/mol. The molecule has 0 heterocycles. The number of nitrogens with zero attached hydrogens (tertiary/aromatic N) is 1. The van der Waals surface area contributed by atoms with Crippen molar-refractivity contribution in [1.29, 1.82) is 0 Å². The van der Waals surface area contributed by atoms with Gasteiger partial charge in [0.1, 0.15) is 5.69 Å². The van der Waals surface area contributed by atoms with E-state index in [1.54, 1.807) is 7.05 Å². The van der Waals surface area contributed by atoms with E-state index in [-0.39, 0.29) is 23.0 Å². The molecule has 0 aliphatic rings. The zero-order valence-corrected chi connectivity index (χ0v) is 16.5. The molecule has 0 aromatic heterocycles. The molecule has 8 heteroatoms. The van der Waals surface area contributed by atoms with Crippen LogP contribution in [0.15, 0.2) is 60.7 Å². The van der Waals surface area contributed by atoms with Crippen LogP contribution in [0.5, 0.6) is 0 Å². The first-order valence-corrected chi connectivity index (χ1v) is 9.31. The predicted molar refractivity (Wildman–Crippen MR) is 113 cm³/mol. The number of nitro groups is 1. The van der Waals surface area contributed by atoms with Crippen molar-refractivity contribution in [2.45, 2.75) is 13.0 Å². The zero-order chi connectivity index (χ0) is 21.7. The second kappa shape index (κ2) is 9.04. The minimum Gasteiger partial charge on any atom is -0.452 e. The third kappa shape index (κ3) is 4.54. The first-order valence-electron chi connectivity index (χ1n) is 9.31. The van der Waals surface area contributed by atoms with Crippen molar-refractivity contribution in [3.8, 4) is 0 Å². The maximum atomic E-state index is 12.3. The number of carbonyl (C=O) groups excluding carboxylic acids is 2. The van der Waals surface area contributed by atoms with Gasteiger partial charge >= 0.3 is 5.97 Å². The summed E-state index contributed by atoms with van der Waals surface area (Å²) in [5.74, 6) is -1.28. The van der Waals surface area contributed by atoms with Gasteiger partial charge in [0.2, 0.25) is 0 Å². The van der Waals surface area contributed by atoms with Gasteiger partial charge in [-0.1, -0.05) is 42.5 Å². The molecule has 0 aliphatic carbocycles. The number of nitro benzene ring substituents is 1. The minimum atomic E-state index is -0.811. The summed E-state index contributed by atoms with van der Waals surface area (Å²) in [6.07, 6.45) is 0. The quantitative estimate of drug-likeness (QED) is 0.350. The summed E-state index contributed by atoms with van der Waals surface area (Å²) >= 11 is 0. The van der Waals surface area contributed by atoms with E-state index >= 15 is 0 Å². The smallest absolute Gasteiger partial charge is 0.338 e. The standard InChI is InChI=1S/C22H21N3O5/c1-14(17-9-5-7-15-6-3-4-8-18(15)17)24-21(26)13-30-22(27)16-10-11-19(23-2)20(12-16)25(28)29/h3-12,14,23H,13H2,1-2H3,(H,24,26)/t14-/m0/s1. The number of hydrogen-bond acceptors (Lipinski definition) is 6. The molecule has 1 amide bonds. The van der Waals surface area contributed by atoms with E-state index < -0.39 is 23.4 Å². The molecule has 1 atom stereocenters. The summed E-state index contributed by atoms with van der Waals surface area (Å²) in [5.41, 5.74) is 0.973. The van der Waals surface area contributed by atoms with Gasteiger partial charge < -0.3 is 15.4 Å². The Hall–Kier alpha value is -3.94. The maximum Gasteiger partial charge on any atom is 0.338 e. The molecule has 30 heavy (non-hydrogen) atoms. The van der Waals surface area contributed by atoms with Crippen molar-refractivity contribution in [3.63, 3.8) is 0 Å². The molecule has 3 aromatic rings. The van der Waals surface area contributed by atoms with Crippen LogP contribution in [0.3, 0.4) is 0 Å². The lowest BCUT2D eigenvalue weighted by Gasteiger charge is -2.16. The van der Waals surface area contributed by atoms with Crippen molar-refractivity contribution in [2.24, 2.45) is 0 Å². The molecule has 0 saturated carbocycles. The van der Waals surface area contributed by atoms with Crippen LogP contribution in [0.25, 0.3) is 10.8 Å². The molecule has 0 fully saturated rings. The number of nitrogens with one attached hydrogen (secondary N) is 2. The summed E-state index contributed by atoms with van der Waals surface area (Å²) in [5, 5.41) is 18.7. The van der Waals surface area contributed by atoms with Crippen LogP contribution in [0, 0.1) is 10.1 Å². The van der Waals surface area contributed by atoms with Crippen LogP contribution in [-0.2, 0) is 9.53 Å². The number of fused-ring (bicyclic) bond motifs is 1. The van der Waals surface area contributed by atoms with Gasteiger partial charge in [0.15, 0.2) is 6.61 Å². The number of anilines is 1. The highest BCUT2D eigenvalue weighted by Gasteiger charge is 2.19. The van der Waals surface area contributed by atoms with Crippen molar-refractivity contribution in [1.82, 2.24) is 5.32 Å². The van der Waals surface area contributed by atoms with Gasteiger partial charge in [-0.25, -0.2) is 4.79 Å². The fourth-order valence-corrected chi connectivity index (χ4v) is 3.22. The summed E-state index contributed by atoms with van der Waals surface area (Å²) in [6, 6.07) is 17.3. The first kappa shape index (κ1) is 20.8. The monoisotopic (exact) mass is 407 g/mol. The first-order chi connectivity index (χ1) is 14.4. The molecule has 0 radical (unpaired) electrons. The van der Waals surface area contributed by atoms with Crippen molar-refractivity contribution < 1.29 is 19.2 Å². The molecule has 0 saturated heterocycles. The number of benzene rings is 3. The highest BCUT2D eigenvalue weighted by atomic mass is 16.6. The second-order valence-electron chi connectivity index (χ2n) is 6.67. The van der Waals surface area contributed by atoms with Gasteiger partial charge in [0.25, 0.3) is 11.6 Å². The van der Waals surface area contributed by atoms with Crippen LogP contribution < -0.4 is 10.6 Å². The third-order valence-corrected chi connectivity index (χ3v) is 4.70. The number of hydrogen-bond donors (Lipinski definition) is 2. The molecule has 8 nitrogen and oxygen atoms in total. The topological polar surface area (TPSA) is 111 Å². The number of carbonyl (C=O) groups is 2. The van der Waals surface area contributed by atoms with Gasteiger partial charge in [0.05, 0.1) is 16.5 Å². The molecule has 0 spiro atoms. The van der Waals surface area contributed by atoms with Crippen LogP contribution in [-0.4, -0.2) is 30.5 Å². The predicted octanol–water partition coefficient (Wildman–Crippen LogP) is 3.82. The van der Waals surface area contributed by atoms with E-state index in [1.165, 1.54) is 12.1 Å².